The van der Waals surface area contributed by atoms with Gasteiger partial charge in [0.15, 0.2) is 0 Å². The number of nitrogens with zero attached hydrogens (tertiary/aromatic N) is 2. The van der Waals surface area contributed by atoms with E-state index in [0.717, 1.165) is 17.4 Å². The molecule has 0 amide bonds. The van der Waals surface area contributed by atoms with E-state index < -0.39 is 0 Å². The monoisotopic (exact) mass is 366 g/mol. The molecule has 3 aromatic rings. The first-order valence-corrected chi connectivity index (χ1v) is 10.2. The number of rotatable bonds is 4. The van der Waals surface area contributed by atoms with Crippen molar-refractivity contribution in [3.63, 3.8) is 0 Å². The Balaban J connectivity index is 1.50. The van der Waals surface area contributed by atoms with E-state index in [1.807, 2.05) is 18.6 Å². The molecule has 0 radical (unpaired) electrons. The lowest BCUT2D eigenvalue weighted by molar-refractivity contribution is 0.321. The Bertz CT molecular complexity index is 888. The highest BCUT2D eigenvalue weighted by Gasteiger charge is 2.24. The lowest BCUT2D eigenvalue weighted by Gasteiger charge is -2.30. The second-order valence-corrected chi connectivity index (χ2v) is 8.49. The van der Waals surface area contributed by atoms with Crippen LogP contribution in [-0.4, -0.2) is 9.38 Å². The number of imidazole rings is 1. The zero-order valence-corrected chi connectivity index (χ0v) is 16.4. The number of hydrogen-bond acceptors (Lipinski definition) is 1. The van der Waals surface area contributed by atoms with Gasteiger partial charge in [0.25, 0.3) is 0 Å². The van der Waals surface area contributed by atoms with Crippen molar-refractivity contribution < 1.29 is 0 Å². The van der Waals surface area contributed by atoms with Gasteiger partial charge in [-0.25, -0.2) is 4.98 Å². The number of fused-ring (bicyclic) bond motifs is 1. The summed E-state index contributed by atoms with van der Waals surface area (Å²) in [4.78, 5) is 4.37. The summed E-state index contributed by atoms with van der Waals surface area (Å²) in [5.74, 6) is 1.97. The van der Waals surface area contributed by atoms with Crippen LogP contribution in [-0.2, 0) is 6.42 Å². The Hall–Kier alpha value is -1.80. The molecule has 1 saturated carbocycles. The van der Waals surface area contributed by atoms with Crippen LogP contribution in [0.5, 0.6) is 0 Å². The third-order valence-electron chi connectivity index (χ3n) is 6.00. The highest BCUT2D eigenvalue weighted by Crippen LogP contribution is 2.38. The van der Waals surface area contributed by atoms with Crippen molar-refractivity contribution in [2.24, 2.45) is 5.92 Å². The van der Waals surface area contributed by atoms with E-state index in [1.165, 1.54) is 48.0 Å². The smallest absolute Gasteiger partial charge is 0.0994 e. The fourth-order valence-electron chi connectivity index (χ4n) is 4.54. The fourth-order valence-corrected chi connectivity index (χ4v) is 4.74. The highest BCUT2D eigenvalue weighted by atomic mass is 35.5. The molecule has 4 rings (SSSR count). The van der Waals surface area contributed by atoms with Crippen LogP contribution in [0.3, 0.4) is 0 Å². The first-order valence-electron chi connectivity index (χ1n) is 9.81. The van der Waals surface area contributed by atoms with Gasteiger partial charge < -0.3 is 4.40 Å². The number of pyridine rings is 1. The summed E-state index contributed by atoms with van der Waals surface area (Å²) in [6.07, 6.45) is 10.2. The second kappa shape index (κ2) is 7.44. The van der Waals surface area contributed by atoms with E-state index in [-0.39, 0.29) is 0 Å². The second-order valence-electron chi connectivity index (χ2n) is 8.06. The van der Waals surface area contributed by atoms with Crippen molar-refractivity contribution in [3.8, 4) is 0 Å². The molecule has 0 bridgehead atoms. The molecule has 136 valence electrons. The fraction of sp³-hybridized carbons (Fsp3) is 0.435. The van der Waals surface area contributed by atoms with Gasteiger partial charge in [0.2, 0.25) is 0 Å². The van der Waals surface area contributed by atoms with E-state index >= 15 is 0 Å². The van der Waals surface area contributed by atoms with E-state index in [0.29, 0.717) is 11.8 Å². The molecule has 0 saturated heterocycles. The first-order chi connectivity index (χ1) is 12.6. The van der Waals surface area contributed by atoms with Crippen LogP contribution in [0.15, 0.2) is 48.9 Å². The van der Waals surface area contributed by atoms with Crippen molar-refractivity contribution in [1.82, 2.24) is 9.38 Å². The minimum Gasteiger partial charge on any atom is -0.303 e. The standard InChI is InChI=1S/C23H27ClN2/c1-16(2)22-11-10-21-14-25-15-26(21)23(22)12-17-6-8-18(9-7-17)19-4-3-5-20(24)13-19/h3-5,10-11,13-18H,6-9,12H2,1-2H3. The Morgan fingerprint density at radius 3 is 2.65 bits per heavy atom. The lowest BCUT2D eigenvalue weighted by atomic mass is 9.76. The molecule has 1 aromatic carbocycles. The number of aromatic nitrogens is 2. The van der Waals surface area contributed by atoms with Gasteiger partial charge in [-0.15, -0.1) is 0 Å². The predicted octanol–water partition coefficient (Wildman–Crippen LogP) is 6.63. The van der Waals surface area contributed by atoms with Crippen molar-refractivity contribution in [2.75, 3.05) is 0 Å². The molecule has 0 N–H and O–H groups in total. The Morgan fingerprint density at radius 2 is 1.92 bits per heavy atom. The summed E-state index contributed by atoms with van der Waals surface area (Å²) in [5.41, 5.74) is 5.54. The molecule has 26 heavy (non-hydrogen) atoms. The first kappa shape index (κ1) is 17.6. The number of benzene rings is 1. The van der Waals surface area contributed by atoms with Crippen LogP contribution in [0.25, 0.3) is 5.52 Å². The van der Waals surface area contributed by atoms with Crippen LogP contribution in [0.1, 0.15) is 68.2 Å². The quantitative estimate of drug-likeness (QED) is 0.506. The van der Waals surface area contributed by atoms with Gasteiger partial charge in [0.05, 0.1) is 18.0 Å². The van der Waals surface area contributed by atoms with Crippen LogP contribution in [0.4, 0.5) is 0 Å². The summed E-state index contributed by atoms with van der Waals surface area (Å²) < 4.78 is 2.30. The SMILES string of the molecule is CC(C)c1ccc2cncn2c1CC1CCC(c2cccc(Cl)c2)CC1. The normalized spacial score (nSPS) is 20.8. The molecule has 0 spiro atoms. The van der Waals surface area contributed by atoms with Crippen LogP contribution in [0.2, 0.25) is 5.02 Å². The average molecular weight is 367 g/mol. The van der Waals surface area contributed by atoms with E-state index in [9.17, 15) is 0 Å². The summed E-state index contributed by atoms with van der Waals surface area (Å²) in [7, 11) is 0. The predicted molar refractivity (Wildman–Crippen MR) is 109 cm³/mol. The number of halogens is 1. The van der Waals surface area contributed by atoms with Gasteiger partial charge in [0.1, 0.15) is 0 Å². The molecule has 1 fully saturated rings. The Kier molecular flexibility index (Phi) is 5.04. The van der Waals surface area contributed by atoms with Crippen molar-refractivity contribution >= 4 is 17.1 Å². The van der Waals surface area contributed by atoms with Crippen molar-refractivity contribution in [3.05, 3.63) is 70.8 Å². The van der Waals surface area contributed by atoms with Gasteiger partial charge >= 0.3 is 0 Å². The van der Waals surface area contributed by atoms with E-state index in [1.54, 1.807) is 0 Å². The minimum atomic E-state index is 0.541. The van der Waals surface area contributed by atoms with Gasteiger partial charge in [-0.1, -0.05) is 43.6 Å². The topological polar surface area (TPSA) is 17.3 Å². The largest absolute Gasteiger partial charge is 0.303 e. The summed E-state index contributed by atoms with van der Waals surface area (Å²) in [6, 6.07) is 12.9. The minimum absolute atomic E-state index is 0.541. The number of hydrogen-bond donors (Lipinski definition) is 0. The lowest BCUT2D eigenvalue weighted by Crippen LogP contribution is -2.17. The zero-order chi connectivity index (χ0) is 18.1. The van der Waals surface area contributed by atoms with Gasteiger partial charge in [0, 0.05) is 10.7 Å². The zero-order valence-electron chi connectivity index (χ0n) is 15.7. The summed E-state index contributed by atoms with van der Waals surface area (Å²) in [5, 5.41) is 0.859. The molecule has 3 heteroatoms. The van der Waals surface area contributed by atoms with Crippen LogP contribution >= 0.6 is 11.6 Å². The van der Waals surface area contributed by atoms with Crippen molar-refractivity contribution in [1.29, 1.82) is 0 Å². The Morgan fingerprint density at radius 1 is 1.12 bits per heavy atom. The van der Waals surface area contributed by atoms with Crippen LogP contribution in [0, 0.1) is 5.92 Å². The Labute approximate surface area is 161 Å². The molecule has 2 aromatic heterocycles. The molecular formula is C23H27ClN2. The third kappa shape index (κ3) is 3.53. The molecule has 0 aliphatic heterocycles. The van der Waals surface area contributed by atoms with Gasteiger partial charge in [-0.2, -0.15) is 0 Å². The van der Waals surface area contributed by atoms with E-state index in [4.69, 9.17) is 11.6 Å². The maximum Gasteiger partial charge on any atom is 0.0994 e. The molecule has 2 heterocycles. The third-order valence-corrected chi connectivity index (χ3v) is 6.23. The summed E-state index contributed by atoms with van der Waals surface area (Å²) in [6.45, 7) is 4.58. The maximum absolute atomic E-state index is 6.18. The molecule has 0 atom stereocenters. The van der Waals surface area contributed by atoms with Gasteiger partial charge in [-0.3, -0.25) is 0 Å². The molecule has 1 aliphatic carbocycles. The highest BCUT2D eigenvalue weighted by molar-refractivity contribution is 6.30. The van der Waals surface area contributed by atoms with Crippen LogP contribution < -0.4 is 0 Å². The van der Waals surface area contributed by atoms with Crippen molar-refractivity contribution in [2.45, 2.75) is 57.8 Å². The average Bonchev–Trinajstić information content (AvgIpc) is 3.11. The summed E-state index contributed by atoms with van der Waals surface area (Å²) >= 11 is 6.18. The maximum atomic E-state index is 6.18. The van der Waals surface area contributed by atoms with E-state index in [2.05, 4.69) is 53.6 Å². The molecular weight excluding hydrogens is 340 g/mol. The molecule has 1 aliphatic rings. The molecule has 0 unspecified atom stereocenters. The molecule has 2 nitrogen and oxygen atoms in total. The van der Waals surface area contributed by atoms with Gasteiger partial charge in [-0.05, 0) is 79.2 Å².